The molecule has 2 fully saturated rings. The summed E-state index contributed by atoms with van der Waals surface area (Å²) in [6, 6.07) is 10.8. The van der Waals surface area contributed by atoms with Gasteiger partial charge < -0.3 is 10.6 Å². The SMILES string of the molecule is CC1CCCC(N)(CN2CCN(c3ccccc3)CC2)C1. The Morgan fingerprint density at radius 1 is 1.14 bits per heavy atom. The van der Waals surface area contributed by atoms with Crippen LogP contribution in [0.1, 0.15) is 32.6 Å². The van der Waals surface area contributed by atoms with Crippen molar-refractivity contribution in [3.05, 3.63) is 30.3 Å². The van der Waals surface area contributed by atoms with Crippen LogP contribution < -0.4 is 10.6 Å². The largest absolute Gasteiger partial charge is 0.369 e. The van der Waals surface area contributed by atoms with Crippen molar-refractivity contribution in [1.29, 1.82) is 0 Å². The number of benzene rings is 1. The van der Waals surface area contributed by atoms with E-state index in [2.05, 4.69) is 47.1 Å². The summed E-state index contributed by atoms with van der Waals surface area (Å²) < 4.78 is 0. The van der Waals surface area contributed by atoms with Crippen LogP contribution in [-0.4, -0.2) is 43.2 Å². The van der Waals surface area contributed by atoms with Gasteiger partial charge in [0.25, 0.3) is 0 Å². The topological polar surface area (TPSA) is 32.5 Å². The first kappa shape index (κ1) is 14.9. The standard InChI is InChI=1S/C18H29N3/c1-16-6-5-9-18(19,14-16)15-20-10-12-21(13-11-20)17-7-3-2-4-8-17/h2-4,7-8,16H,5-6,9-15,19H2,1H3. The molecule has 0 spiro atoms. The van der Waals surface area contributed by atoms with E-state index >= 15 is 0 Å². The van der Waals surface area contributed by atoms with Crippen molar-refractivity contribution in [1.82, 2.24) is 4.90 Å². The van der Waals surface area contributed by atoms with Crippen molar-refractivity contribution >= 4 is 5.69 Å². The lowest BCUT2D eigenvalue weighted by molar-refractivity contribution is 0.145. The zero-order valence-electron chi connectivity index (χ0n) is 13.3. The maximum absolute atomic E-state index is 6.67. The van der Waals surface area contributed by atoms with Crippen LogP contribution in [0.4, 0.5) is 5.69 Å². The zero-order chi connectivity index (χ0) is 14.7. The van der Waals surface area contributed by atoms with Crippen molar-refractivity contribution < 1.29 is 0 Å². The normalized spacial score (nSPS) is 31.3. The highest BCUT2D eigenvalue weighted by Crippen LogP contribution is 2.31. The van der Waals surface area contributed by atoms with E-state index in [1.165, 1.54) is 31.4 Å². The van der Waals surface area contributed by atoms with E-state index in [4.69, 9.17) is 5.73 Å². The molecule has 1 heterocycles. The molecule has 116 valence electrons. The molecule has 2 unspecified atom stereocenters. The van der Waals surface area contributed by atoms with Gasteiger partial charge >= 0.3 is 0 Å². The molecule has 1 aliphatic carbocycles. The maximum atomic E-state index is 6.67. The lowest BCUT2D eigenvalue weighted by atomic mass is 9.76. The highest BCUT2D eigenvalue weighted by atomic mass is 15.3. The average molecular weight is 287 g/mol. The summed E-state index contributed by atoms with van der Waals surface area (Å²) in [4.78, 5) is 5.07. The summed E-state index contributed by atoms with van der Waals surface area (Å²) in [6.45, 7) is 7.96. The third-order valence-corrected chi connectivity index (χ3v) is 5.16. The van der Waals surface area contributed by atoms with Crippen LogP contribution in [0, 0.1) is 5.92 Å². The molecule has 0 amide bonds. The molecule has 1 saturated carbocycles. The summed E-state index contributed by atoms with van der Waals surface area (Å²) in [7, 11) is 0. The van der Waals surface area contributed by atoms with Crippen LogP contribution in [0.2, 0.25) is 0 Å². The number of piperazine rings is 1. The second-order valence-corrected chi connectivity index (χ2v) is 7.16. The van der Waals surface area contributed by atoms with Crippen molar-refractivity contribution in [2.45, 2.75) is 38.1 Å². The lowest BCUT2D eigenvalue weighted by Crippen LogP contribution is -2.56. The van der Waals surface area contributed by atoms with Gasteiger partial charge in [-0.2, -0.15) is 0 Å². The molecule has 1 aromatic rings. The second kappa shape index (κ2) is 6.37. The molecule has 3 nitrogen and oxygen atoms in total. The van der Waals surface area contributed by atoms with Gasteiger partial charge in [-0.3, -0.25) is 4.90 Å². The molecule has 0 radical (unpaired) electrons. The Kier molecular flexibility index (Phi) is 4.51. The van der Waals surface area contributed by atoms with Gasteiger partial charge in [0.15, 0.2) is 0 Å². The van der Waals surface area contributed by atoms with Gasteiger partial charge in [0.1, 0.15) is 0 Å². The Morgan fingerprint density at radius 2 is 1.86 bits per heavy atom. The minimum atomic E-state index is 0.0621. The van der Waals surface area contributed by atoms with Crippen molar-refractivity contribution in [3.8, 4) is 0 Å². The molecule has 3 heteroatoms. The van der Waals surface area contributed by atoms with E-state index in [0.717, 1.165) is 38.6 Å². The number of anilines is 1. The Bertz CT molecular complexity index is 439. The minimum Gasteiger partial charge on any atom is -0.369 e. The quantitative estimate of drug-likeness (QED) is 0.928. The van der Waals surface area contributed by atoms with Crippen LogP contribution in [0.25, 0.3) is 0 Å². The summed E-state index contributed by atoms with van der Waals surface area (Å²) in [6.07, 6.45) is 5.07. The minimum absolute atomic E-state index is 0.0621. The van der Waals surface area contributed by atoms with Crippen LogP contribution in [-0.2, 0) is 0 Å². The maximum Gasteiger partial charge on any atom is 0.0367 e. The van der Waals surface area contributed by atoms with E-state index in [1.807, 2.05) is 0 Å². The molecule has 21 heavy (non-hydrogen) atoms. The van der Waals surface area contributed by atoms with E-state index in [1.54, 1.807) is 0 Å². The fraction of sp³-hybridized carbons (Fsp3) is 0.667. The summed E-state index contributed by atoms with van der Waals surface area (Å²) in [5.41, 5.74) is 8.09. The third kappa shape index (κ3) is 3.78. The van der Waals surface area contributed by atoms with Gasteiger partial charge in [-0.05, 0) is 30.9 Å². The zero-order valence-corrected chi connectivity index (χ0v) is 13.3. The Morgan fingerprint density at radius 3 is 2.52 bits per heavy atom. The molecule has 2 atom stereocenters. The fourth-order valence-corrected chi connectivity index (χ4v) is 4.09. The van der Waals surface area contributed by atoms with Gasteiger partial charge in [-0.1, -0.05) is 38.0 Å². The van der Waals surface area contributed by atoms with Gasteiger partial charge in [0.2, 0.25) is 0 Å². The molecular formula is C18H29N3. The van der Waals surface area contributed by atoms with Crippen molar-refractivity contribution in [3.63, 3.8) is 0 Å². The molecular weight excluding hydrogens is 258 g/mol. The van der Waals surface area contributed by atoms with Crippen molar-refractivity contribution in [2.75, 3.05) is 37.6 Å². The summed E-state index contributed by atoms with van der Waals surface area (Å²) >= 11 is 0. The third-order valence-electron chi connectivity index (χ3n) is 5.16. The van der Waals surface area contributed by atoms with Crippen LogP contribution in [0.5, 0.6) is 0 Å². The lowest BCUT2D eigenvalue weighted by Gasteiger charge is -2.43. The number of rotatable bonds is 3. The predicted octanol–water partition coefficient (Wildman–Crippen LogP) is 2.72. The number of nitrogens with zero attached hydrogens (tertiary/aromatic N) is 2. The van der Waals surface area contributed by atoms with Gasteiger partial charge in [-0.25, -0.2) is 0 Å². The number of nitrogens with two attached hydrogens (primary N) is 1. The Hall–Kier alpha value is -1.06. The van der Waals surface area contributed by atoms with Crippen LogP contribution >= 0.6 is 0 Å². The number of para-hydroxylation sites is 1. The molecule has 3 rings (SSSR count). The Balaban J connectivity index is 1.52. The highest BCUT2D eigenvalue weighted by Gasteiger charge is 2.33. The fourth-order valence-electron chi connectivity index (χ4n) is 4.09. The molecule has 0 aromatic heterocycles. The summed E-state index contributed by atoms with van der Waals surface area (Å²) in [5, 5.41) is 0. The van der Waals surface area contributed by atoms with E-state index in [-0.39, 0.29) is 5.54 Å². The van der Waals surface area contributed by atoms with Gasteiger partial charge in [0.05, 0.1) is 0 Å². The summed E-state index contributed by atoms with van der Waals surface area (Å²) in [5.74, 6) is 0.800. The van der Waals surface area contributed by atoms with Crippen LogP contribution in [0.3, 0.4) is 0 Å². The highest BCUT2D eigenvalue weighted by molar-refractivity contribution is 5.46. The first-order valence-corrected chi connectivity index (χ1v) is 8.46. The second-order valence-electron chi connectivity index (χ2n) is 7.16. The van der Waals surface area contributed by atoms with Gasteiger partial charge in [-0.15, -0.1) is 0 Å². The number of hydrogen-bond acceptors (Lipinski definition) is 3. The smallest absolute Gasteiger partial charge is 0.0367 e. The first-order valence-electron chi connectivity index (χ1n) is 8.46. The van der Waals surface area contributed by atoms with E-state index in [9.17, 15) is 0 Å². The van der Waals surface area contributed by atoms with Gasteiger partial charge in [0, 0.05) is 44.0 Å². The predicted molar refractivity (Wildman–Crippen MR) is 89.6 cm³/mol. The van der Waals surface area contributed by atoms with Crippen molar-refractivity contribution in [2.24, 2.45) is 11.7 Å². The molecule has 2 N–H and O–H groups in total. The van der Waals surface area contributed by atoms with E-state index < -0.39 is 0 Å². The Labute approximate surface area is 129 Å². The molecule has 1 aromatic carbocycles. The number of hydrogen-bond donors (Lipinski definition) is 1. The van der Waals surface area contributed by atoms with E-state index in [0.29, 0.717) is 0 Å². The molecule has 1 aliphatic heterocycles. The van der Waals surface area contributed by atoms with Crippen LogP contribution in [0.15, 0.2) is 30.3 Å². The molecule has 2 aliphatic rings. The average Bonchev–Trinajstić information content (AvgIpc) is 2.48. The molecule has 1 saturated heterocycles. The monoisotopic (exact) mass is 287 g/mol. The first-order chi connectivity index (χ1) is 10.1. The molecule has 0 bridgehead atoms.